The van der Waals surface area contributed by atoms with Gasteiger partial charge in [0.25, 0.3) is 0 Å². The Hall–Kier alpha value is -3.15. The Kier molecular flexibility index (Phi) is 5.57. The average molecular weight is 408 g/mol. The van der Waals surface area contributed by atoms with Crippen LogP contribution < -0.4 is 4.74 Å². The van der Waals surface area contributed by atoms with Crippen LogP contribution in [0.5, 0.6) is 5.75 Å². The maximum absolute atomic E-state index is 13.6. The lowest BCUT2D eigenvalue weighted by molar-refractivity contribution is -0.137. The van der Waals surface area contributed by atoms with Crippen LogP contribution in [0.15, 0.2) is 59.3 Å². The summed E-state index contributed by atoms with van der Waals surface area (Å²) >= 11 is 0. The zero-order valence-electron chi connectivity index (χ0n) is 17.4. The largest absolute Gasteiger partial charge is 0.497 e. The minimum Gasteiger partial charge on any atom is -0.497 e. The molecule has 0 bridgehead atoms. The van der Waals surface area contributed by atoms with Crippen molar-refractivity contribution in [1.82, 2.24) is 5.01 Å². The van der Waals surface area contributed by atoms with Crippen molar-refractivity contribution in [2.75, 3.05) is 13.7 Å². The number of benzene rings is 2. The van der Waals surface area contributed by atoms with Crippen molar-refractivity contribution in [1.29, 1.82) is 0 Å². The van der Waals surface area contributed by atoms with Crippen molar-refractivity contribution in [3.8, 4) is 5.75 Å². The van der Waals surface area contributed by atoms with E-state index in [1.165, 1.54) is 23.8 Å². The number of methoxy groups -OCH3 is 1. The van der Waals surface area contributed by atoms with E-state index in [9.17, 15) is 9.18 Å². The van der Waals surface area contributed by atoms with Crippen molar-refractivity contribution in [2.24, 2.45) is 11.0 Å². The lowest BCUT2D eigenvalue weighted by atomic mass is 9.77. The van der Waals surface area contributed by atoms with Gasteiger partial charge in [-0.1, -0.05) is 12.1 Å². The van der Waals surface area contributed by atoms with Crippen molar-refractivity contribution in [3.63, 3.8) is 0 Å². The van der Waals surface area contributed by atoms with Gasteiger partial charge in [-0.05, 0) is 68.1 Å². The van der Waals surface area contributed by atoms with Crippen LogP contribution >= 0.6 is 0 Å². The van der Waals surface area contributed by atoms with Crippen LogP contribution in [0.2, 0.25) is 0 Å². The predicted molar refractivity (Wildman–Crippen MR) is 113 cm³/mol. The highest BCUT2D eigenvalue weighted by Crippen LogP contribution is 2.45. The quantitative estimate of drug-likeness (QED) is 0.535. The molecule has 1 aliphatic heterocycles. The highest BCUT2D eigenvalue weighted by Gasteiger charge is 2.42. The SMILES string of the molecule is CCOC(=O)/C=C(\C)N1N=C2c3ccc(OC)cc3CC[C@H]2[C@H]1c1ccc(F)cc1. The molecule has 4 rings (SSSR count). The number of hydrogen-bond acceptors (Lipinski definition) is 5. The molecule has 6 heteroatoms. The minimum absolute atomic E-state index is 0.110. The van der Waals surface area contributed by atoms with Crippen LogP contribution in [0.3, 0.4) is 0 Å². The van der Waals surface area contributed by atoms with Gasteiger partial charge in [0.05, 0.1) is 25.5 Å². The van der Waals surface area contributed by atoms with Crippen LogP contribution in [-0.2, 0) is 16.0 Å². The van der Waals surface area contributed by atoms with E-state index < -0.39 is 5.97 Å². The van der Waals surface area contributed by atoms with E-state index in [-0.39, 0.29) is 17.8 Å². The molecule has 0 N–H and O–H groups in total. The van der Waals surface area contributed by atoms with Crippen LogP contribution in [0.1, 0.15) is 43.0 Å². The van der Waals surface area contributed by atoms with Gasteiger partial charge in [-0.25, -0.2) is 9.18 Å². The Balaban J connectivity index is 1.77. The molecule has 0 radical (unpaired) electrons. The Labute approximate surface area is 175 Å². The molecule has 0 saturated heterocycles. The molecule has 5 nitrogen and oxygen atoms in total. The van der Waals surface area contributed by atoms with Gasteiger partial charge < -0.3 is 9.47 Å². The molecule has 0 fully saturated rings. The zero-order valence-corrected chi connectivity index (χ0v) is 17.4. The first kappa shape index (κ1) is 20.1. The third-order valence-electron chi connectivity index (χ3n) is 5.71. The molecule has 0 saturated carbocycles. The Bertz CT molecular complexity index is 1010. The molecule has 0 unspecified atom stereocenters. The lowest BCUT2D eigenvalue weighted by Crippen LogP contribution is -2.28. The van der Waals surface area contributed by atoms with E-state index in [1.54, 1.807) is 26.2 Å². The van der Waals surface area contributed by atoms with Crippen LogP contribution in [0.25, 0.3) is 0 Å². The van der Waals surface area contributed by atoms with E-state index in [2.05, 4.69) is 12.1 Å². The minimum atomic E-state index is -0.395. The van der Waals surface area contributed by atoms with Gasteiger partial charge in [0, 0.05) is 23.3 Å². The maximum Gasteiger partial charge on any atom is 0.332 e. The summed E-state index contributed by atoms with van der Waals surface area (Å²) in [5.41, 5.74) is 4.96. The molecule has 2 aromatic rings. The fourth-order valence-electron chi connectivity index (χ4n) is 4.34. The summed E-state index contributed by atoms with van der Waals surface area (Å²) in [7, 11) is 1.66. The third kappa shape index (κ3) is 3.70. The van der Waals surface area contributed by atoms with Gasteiger partial charge >= 0.3 is 5.97 Å². The highest BCUT2D eigenvalue weighted by atomic mass is 19.1. The monoisotopic (exact) mass is 408 g/mol. The molecule has 156 valence electrons. The highest BCUT2D eigenvalue weighted by molar-refractivity contribution is 6.06. The normalized spacial score (nSPS) is 20.3. The molecule has 0 aromatic heterocycles. The fourth-order valence-corrected chi connectivity index (χ4v) is 4.34. The summed E-state index contributed by atoms with van der Waals surface area (Å²) in [4.78, 5) is 12.0. The van der Waals surface area contributed by atoms with E-state index in [4.69, 9.17) is 14.6 Å². The molecule has 1 heterocycles. The number of allylic oxidation sites excluding steroid dienone is 1. The maximum atomic E-state index is 13.6. The Morgan fingerprint density at radius 2 is 2.03 bits per heavy atom. The van der Waals surface area contributed by atoms with E-state index in [0.717, 1.165) is 35.4 Å². The van der Waals surface area contributed by atoms with Crippen molar-refractivity contribution in [3.05, 3.63) is 76.7 Å². The average Bonchev–Trinajstić information content (AvgIpc) is 3.14. The molecular weight excluding hydrogens is 383 g/mol. The predicted octanol–water partition coefficient (Wildman–Crippen LogP) is 4.62. The van der Waals surface area contributed by atoms with Gasteiger partial charge in [-0.15, -0.1) is 0 Å². The second kappa shape index (κ2) is 8.30. The number of esters is 1. The molecule has 0 amide bonds. The standard InChI is InChI=1S/C24H25FN2O3/c1-4-30-22(28)13-15(2)27-24(16-5-8-18(25)9-6-16)21-11-7-17-14-19(29-3)10-12-20(17)23(21)26-27/h5-6,8-10,12-14,21,24H,4,7,11H2,1-3H3/b15-13+/t21-,24-/m1/s1. The van der Waals surface area contributed by atoms with Crippen molar-refractivity contribution >= 4 is 11.7 Å². The topological polar surface area (TPSA) is 51.1 Å². The molecule has 0 spiro atoms. The Morgan fingerprint density at radius 1 is 1.27 bits per heavy atom. The summed E-state index contributed by atoms with van der Waals surface area (Å²) in [5.74, 6) is 0.301. The number of nitrogens with zero attached hydrogens (tertiary/aromatic N) is 2. The molecule has 2 aliphatic rings. The number of hydrazone groups is 1. The smallest absolute Gasteiger partial charge is 0.332 e. The number of hydrogen-bond donors (Lipinski definition) is 0. The van der Waals surface area contributed by atoms with Gasteiger partial charge in [-0.3, -0.25) is 5.01 Å². The van der Waals surface area contributed by atoms with E-state index in [1.807, 2.05) is 18.0 Å². The number of aryl methyl sites for hydroxylation is 1. The summed E-state index contributed by atoms with van der Waals surface area (Å²) in [6.07, 6.45) is 3.28. The lowest BCUT2D eigenvalue weighted by Gasteiger charge is -2.31. The number of halogens is 1. The number of rotatable bonds is 5. The Morgan fingerprint density at radius 3 is 2.73 bits per heavy atom. The van der Waals surface area contributed by atoms with Crippen LogP contribution in [0, 0.1) is 11.7 Å². The van der Waals surface area contributed by atoms with Crippen LogP contribution in [-0.4, -0.2) is 30.4 Å². The summed E-state index contributed by atoms with van der Waals surface area (Å²) < 4.78 is 24.0. The zero-order chi connectivity index (χ0) is 21.3. The molecule has 2 atom stereocenters. The van der Waals surface area contributed by atoms with E-state index >= 15 is 0 Å². The first-order chi connectivity index (χ1) is 14.5. The van der Waals surface area contributed by atoms with E-state index in [0.29, 0.717) is 12.3 Å². The third-order valence-corrected chi connectivity index (χ3v) is 5.71. The number of fused-ring (bicyclic) bond motifs is 3. The number of carbonyl (C=O) groups is 1. The van der Waals surface area contributed by atoms with Crippen molar-refractivity contribution in [2.45, 2.75) is 32.7 Å². The summed E-state index contributed by atoms with van der Waals surface area (Å²) in [6.45, 7) is 3.94. The second-order valence-corrected chi connectivity index (χ2v) is 7.53. The molecule has 1 aliphatic carbocycles. The molecule has 2 aromatic carbocycles. The second-order valence-electron chi connectivity index (χ2n) is 7.53. The van der Waals surface area contributed by atoms with Gasteiger partial charge in [0.15, 0.2) is 0 Å². The van der Waals surface area contributed by atoms with Gasteiger partial charge in [0.2, 0.25) is 0 Å². The van der Waals surface area contributed by atoms with Gasteiger partial charge in [0.1, 0.15) is 11.6 Å². The summed E-state index contributed by atoms with van der Waals surface area (Å²) in [5, 5.41) is 6.82. The first-order valence-electron chi connectivity index (χ1n) is 10.2. The fraction of sp³-hybridized carbons (Fsp3) is 0.333. The van der Waals surface area contributed by atoms with Crippen LogP contribution in [0.4, 0.5) is 4.39 Å². The molecular formula is C24H25FN2O3. The van der Waals surface area contributed by atoms with Gasteiger partial charge in [-0.2, -0.15) is 5.10 Å². The first-order valence-corrected chi connectivity index (χ1v) is 10.2. The molecule has 30 heavy (non-hydrogen) atoms. The van der Waals surface area contributed by atoms with Crippen molar-refractivity contribution < 1.29 is 18.7 Å². The summed E-state index contributed by atoms with van der Waals surface area (Å²) in [6, 6.07) is 12.5. The number of ether oxygens (including phenoxy) is 2. The number of carbonyl (C=O) groups excluding carboxylic acids is 1.